The summed E-state index contributed by atoms with van der Waals surface area (Å²) in [5, 5.41) is 1.65. The molecule has 0 aliphatic carbocycles. The lowest BCUT2D eigenvalue weighted by molar-refractivity contribution is -0.150. The van der Waals surface area contributed by atoms with Crippen molar-refractivity contribution in [1.82, 2.24) is 5.32 Å². The summed E-state index contributed by atoms with van der Waals surface area (Å²) in [7, 11) is 0. The van der Waals surface area contributed by atoms with E-state index >= 15 is 0 Å². The van der Waals surface area contributed by atoms with Gasteiger partial charge < -0.3 is 15.2 Å². The second-order valence-electron chi connectivity index (χ2n) is 3.89. The number of halogens is 3. The lowest BCUT2D eigenvalue weighted by atomic mass is 10.2. The van der Waals surface area contributed by atoms with E-state index in [9.17, 15) is 27.6 Å². The number of rotatable bonds is 5. The third-order valence-electron chi connectivity index (χ3n) is 2.14. The van der Waals surface area contributed by atoms with E-state index in [1.165, 1.54) is 6.07 Å². The molecule has 0 aromatic heterocycles. The predicted molar refractivity (Wildman–Crippen MR) is 65.6 cm³/mol. The first-order valence-electron chi connectivity index (χ1n) is 5.73. The molecular formula is C12H11F3N2O5. The molecule has 0 fully saturated rings. The molecule has 1 aromatic carbocycles. The van der Waals surface area contributed by atoms with Gasteiger partial charge in [0.05, 0.1) is 5.56 Å². The Morgan fingerprint density at radius 1 is 1.18 bits per heavy atom. The average Bonchev–Trinajstić information content (AvgIpc) is 2.41. The van der Waals surface area contributed by atoms with Crippen molar-refractivity contribution in [1.29, 1.82) is 0 Å². The number of carbonyl (C=O) groups is 3. The molecule has 0 unspecified atom stereocenters. The van der Waals surface area contributed by atoms with Gasteiger partial charge in [0.15, 0.2) is 13.2 Å². The Labute approximate surface area is 122 Å². The molecule has 0 spiro atoms. The van der Waals surface area contributed by atoms with Crippen molar-refractivity contribution in [2.24, 2.45) is 5.73 Å². The largest absolute Gasteiger partial charge is 0.482 e. The number of ether oxygens (including phenoxy) is 2. The maximum atomic E-state index is 12.5. The summed E-state index contributed by atoms with van der Waals surface area (Å²) in [6.45, 7) is -1.47. The summed E-state index contributed by atoms with van der Waals surface area (Å²) in [5.41, 5.74) is 3.72. The van der Waals surface area contributed by atoms with Crippen LogP contribution in [0.15, 0.2) is 24.3 Å². The second kappa shape index (κ2) is 7.29. The van der Waals surface area contributed by atoms with Crippen LogP contribution >= 0.6 is 0 Å². The number of hydrogen-bond acceptors (Lipinski definition) is 5. The standard InChI is InChI=1S/C12H11F3N2O5/c13-12(14,15)7-2-1-3-8(4-7)21-6-10(19)22-5-9(18)17-11(16)20/h1-4H,5-6H2,(H3,16,17,18,20). The number of carbonyl (C=O) groups excluding carboxylic acids is 3. The van der Waals surface area contributed by atoms with Crippen molar-refractivity contribution in [3.05, 3.63) is 29.8 Å². The molecule has 0 aliphatic heterocycles. The Hall–Kier alpha value is -2.78. The van der Waals surface area contributed by atoms with E-state index in [-0.39, 0.29) is 5.75 Å². The fourth-order valence-corrected chi connectivity index (χ4v) is 1.27. The van der Waals surface area contributed by atoms with Gasteiger partial charge in [-0.15, -0.1) is 0 Å². The number of benzene rings is 1. The third kappa shape index (κ3) is 6.11. The van der Waals surface area contributed by atoms with Gasteiger partial charge in [0.1, 0.15) is 5.75 Å². The number of esters is 1. The van der Waals surface area contributed by atoms with Gasteiger partial charge in [-0.3, -0.25) is 10.1 Å². The lowest BCUT2D eigenvalue weighted by Crippen LogP contribution is -2.38. The Balaban J connectivity index is 2.44. The number of nitrogens with two attached hydrogens (primary N) is 1. The predicted octanol–water partition coefficient (Wildman–Crippen LogP) is 0.822. The Morgan fingerprint density at radius 3 is 2.45 bits per heavy atom. The van der Waals surface area contributed by atoms with Crippen molar-refractivity contribution in [2.45, 2.75) is 6.18 Å². The van der Waals surface area contributed by atoms with Crippen LogP contribution in [-0.2, 0) is 20.5 Å². The van der Waals surface area contributed by atoms with Gasteiger partial charge in [-0.1, -0.05) is 6.07 Å². The van der Waals surface area contributed by atoms with E-state index in [4.69, 9.17) is 4.74 Å². The summed E-state index contributed by atoms with van der Waals surface area (Å²) >= 11 is 0. The monoisotopic (exact) mass is 320 g/mol. The van der Waals surface area contributed by atoms with E-state index in [1.807, 2.05) is 0 Å². The molecular weight excluding hydrogens is 309 g/mol. The van der Waals surface area contributed by atoms with Crippen molar-refractivity contribution >= 4 is 17.9 Å². The molecule has 0 heterocycles. The topological polar surface area (TPSA) is 108 Å². The molecule has 0 aliphatic rings. The Morgan fingerprint density at radius 2 is 1.86 bits per heavy atom. The van der Waals surface area contributed by atoms with Crippen LogP contribution < -0.4 is 15.8 Å². The number of hydrogen-bond donors (Lipinski definition) is 2. The van der Waals surface area contributed by atoms with E-state index in [0.717, 1.165) is 12.1 Å². The van der Waals surface area contributed by atoms with E-state index < -0.39 is 42.9 Å². The minimum absolute atomic E-state index is 0.187. The molecule has 10 heteroatoms. The van der Waals surface area contributed by atoms with Crippen LogP contribution in [0.3, 0.4) is 0 Å². The van der Waals surface area contributed by atoms with Gasteiger partial charge in [-0.25, -0.2) is 9.59 Å². The third-order valence-corrected chi connectivity index (χ3v) is 2.14. The van der Waals surface area contributed by atoms with E-state index in [2.05, 4.69) is 10.5 Å². The molecule has 22 heavy (non-hydrogen) atoms. The molecule has 120 valence electrons. The Kier molecular flexibility index (Phi) is 5.72. The summed E-state index contributed by atoms with van der Waals surface area (Å²) in [6.07, 6.45) is -4.53. The maximum absolute atomic E-state index is 12.5. The Bertz CT molecular complexity index is 574. The quantitative estimate of drug-likeness (QED) is 0.781. The van der Waals surface area contributed by atoms with E-state index in [0.29, 0.717) is 6.07 Å². The molecule has 0 saturated heterocycles. The van der Waals surface area contributed by atoms with Gasteiger partial charge >= 0.3 is 18.2 Å². The summed E-state index contributed by atoms with van der Waals surface area (Å²) in [4.78, 5) is 32.5. The van der Waals surface area contributed by atoms with Gasteiger partial charge in [0.25, 0.3) is 5.91 Å². The summed E-state index contributed by atoms with van der Waals surface area (Å²) < 4.78 is 46.6. The minimum atomic E-state index is -4.53. The van der Waals surface area contributed by atoms with Crippen LogP contribution in [0.1, 0.15) is 5.56 Å². The number of alkyl halides is 3. The highest BCUT2D eigenvalue weighted by molar-refractivity contribution is 5.94. The molecule has 1 rings (SSSR count). The molecule has 1 aromatic rings. The minimum Gasteiger partial charge on any atom is -0.482 e. The van der Waals surface area contributed by atoms with Crippen LogP contribution in [-0.4, -0.2) is 31.1 Å². The highest BCUT2D eigenvalue weighted by Gasteiger charge is 2.30. The fourth-order valence-electron chi connectivity index (χ4n) is 1.27. The first kappa shape index (κ1) is 17.3. The second-order valence-corrected chi connectivity index (χ2v) is 3.89. The van der Waals surface area contributed by atoms with Crippen molar-refractivity contribution in [3.63, 3.8) is 0 Å². The SMILES string of the molecule is NC(=O)NC(=O)COC(=O)COc1cccc(C(F)(F)F)c1. The highest BCUT2D eigenvalue weighted by atomic mass is 19.4. The number of imide groups is 1. The zero-order valence-corrected chi connectivity index (χ0v) is 11.0. The van der Waals surface area contributed by atoms with Gasteiger partial charge in [-0.05, 0) is 18.2 Å². The number of primary amides is 1. The number of nitrogens with one attached hydrogen (secondary N) is 1. The first-order chi connectivity index (χ1) is 10.2. The van der Waals surface area contributed by atoms with Crippen molar-refractivity contribution in [3.8, 4) is 5.75 Å². The van der Waals surface area contributed by atoms with Gasteiger partial charge in [0, 0.05) is 0 Å². The smallest absolute Gasteiger partial charge is 0.416 e. The average molecular weight is 320 g/mol. The number of urea groups is 1. The lowest BCUT2D eigenvalue weighted by Gasteiger charge is -2.10. The molecule has 0 atom stereocenters. The van der Waals surface area contributed by atoms with Crippen molar-refractivity contribution < 1.29 is 37.0 Å². The zero-order valence-electron chi connectivity index (χ0n) is 11.0. The van der Waals surface area contributed by atoms with Crippen LogP contribution in [0.25, 0.3) is 0 Å². The normalized spacial score (nSPS) is 10.7. The molecule has 0 saturated carbocycles. The zero-order chi connectivity index (χ0) is 16.8. The summed E-state index contributed by atoms with van der Waals surface area (Å²) in [5.74, 6) is -2.13. The molecule has 0 radical (unpaired) electrons. The van der Waals surface area contributed by atoms with Gasteiger partial charge in [-0.2, -0.15) is 13.2 Å². The van der Waals surface area contributed by atoms with E-state index in [1.54, 1.807) is 5.32 Å². The van der Waals surface area contributed by atoms with Crippen LogP contribution in [0.2, 0.25) is 0 Å². The first-order valence-corrected chi connectivity index (χ1v) is 5.73. The highest BCUT2D eigenvalue weighted by Crippen LogP contribution is 2.31. The van der Waals surface area contributed by atoms with Crippen LogP contribution in [0, 0.1) is 0 Å². The van der Waals surface area contributed by atoms with Crippen LogP contribution in [0.5, 0.6) is 5.75 Å². The summed E-state index contributed by atoms with van der Waals surface area (Å²) in [6, 6.07) is 2.79. The van der Waals surface area contributed by atoms with Crippen molar-refractivity contribution in [2.75, 3.05) is 13.2 Å². The maximum Gasteiger partial charge on any atom is 0.416 e. The molecule has 3 N–H and O–H groups in total. The molecule has 0 bridgehead atoms. The fraction of sp³-hybridized carbons (Fsp3) is 0.250. The van der Waals surface area contributed by atoms with Gasteiger partial charge in [0.2, 0.25) is 0 Å². The van der Waals surface area contributed by atoms with Crippen LogP contribution in [0.4, 0.5) is 18.0 Å². The molecule has 7 nitrogen and oxygen atoms in total. The molecule has 3 amide bonds. The number of amides is 3.